The van der Waals surface area contributed by atoms with Crippen molar-refractivity contribution >= 4 is 17.6 Å². The topological polar surface area (TPSA) is 118 Å². The molecule has 0 fully saturated rings. The highest BCUT2D eigenvalue weighted by Gasteiger charge is 2.36. The fourth-order valence-electron chi connectivity index (χ4n) is 2.42. The van der Waals surface area contributed by atoms with Gasteiger partial charge in [0.25, 0.3) is 5.69 Å². The van der Waals surface area contributed by atoms with Gasteiger partial charge in [-0.25, -0.2) is 0 Å². The van der Waals surface area contributed by atoms with Crippen LogP contribution in [0.4, 0.5) is 5.69 Å². The van der Waals surface area contributed by atoms with Gasteiger partial charge < -0.3 is 10.2 Å². The predicted molar refractivity (Wildman–Crippen MR) is 80.3 cm³/mol. The van der Waals surface area contributed by atoms with Crippen molar-refractivity contribution in [3.8, 4) is 0 Å². The molecule has 7 heteroatoms. The fourth-order valence-corrected chi connectivity index (χ4v) is 2.42. The molecule has 23 heavy (non-hydrogen) atoms. The summed E-state index contributed by atoms with van der Waals surface area (Å²) in [5.74, 6) is -5.23. The molecular weight excluding hydrogens is 302 g/mol. The lowest BCUT2D eigenvalue weighted by Crippen LogP contribution is -2.26. The number of carboxylic acid groups (broad SMARTS) is 2. The molecule has 0 bridgehead atoms. The number of hydrogen-bond donors (Lipinski definition) is 2. The molecule has 0 saturated heterocycles. The van der Waals surface area contributed by atoms with Crippen molar-refractivity contribution in [1.29, 1.82) is 0 Å². The number of non-ortho nitro benzene ring substituents is 1. The molecule has 0 radical (unpaired) electrons. The number of benzene rings is 2. The van der Waals surface area contributed by atoms with Crippen LogP contribution < -0.4 is 0 Å². The predicted octanol–water partition coefficient (Wildman–Crippen LogP) is 2.63. The van der Waals surface area contributed by atoms with Gasteiger partial charge in [-0.1, -0.05) is 42.5 Å². The zero-order chi connectivity index (χ0) is 17.0. The Hall–Kier alpha value is -3.22. The average Bonchev–Trinajstić information content (AvgIpc) is 2.52. The molecule has 0 spiro atoms. The van der Waals surface area contributed by atoms with Gasteiger partial charge in [-0.15, -0.1) is 0 Å². The van der Waals surface area contributed by atoms with E-state index in [2.05, 4.69) is 0 Å². The Kier molecular flexibility index (Phi) is 4.70. The molecule has 0 aromatic heterocycles. The van der Waals surface area contributed by atoms with Gasteiger partial charge in [-0.2, -0.15) is 0 Å². The maximum atomic E-state index is 11.6. The number of nitro benzene ring substituents is 1. The molecule has 2 rings (SSSR count). The molecule has 2 unspecified atom stereocenters. The maximum Gasteiger partial charge on any atom is 0.312 e. The normalized spacial score (nSPS) is 13.0. The van der Waals surface area contributed by atoms with Crippen LogP contribution in [0.1, 0.15) is 23.0 Å². The van der Waals surface area contributed by atoms with Gasteiger partial charge in [-0.05, 0) is 11.1 Å². The van der Waals surface area contributed by atoms with Crippen LogP contribution in [0.2, 0.25) is 0 Å². The first-order valence-corrected chi connectivity index (χ1v) is 6.66. The summed E-state index contributed by atoms with van der Waals surface area (Å²) < 4.78 is 0. The molecule has 2 aromatic rings. The Labute approximate surface area is 131 Å². The monoisotopic (exact) mass is 315 g/mol. The molecule has 0 aliphatic carbocycles. The second-order valence-electron chi connectivity index (χ2n) is 4.89. The largest absolute Gasteiger partial charge is 0.481 e. The van der Waals surface area contributed by atoms with E-state index < -0.39 is 28.7 Å². The van der Waals surface area contributed by atoms with Crippen LogP contribution in [-0.2, 0) is 9.59 Å². The summed E-state index contributed by atoms with van der Waals surface area (Å²) >= 11 is 0. The fraction of sp³-hybridized carbons (Fsp3) is 0.125. The van der Waals surface area contributed by atoms with Gasteiger partial charge in [0.1, 0.15) is 0 Å². The average molecular weight is 315 g/mol. The number of hydrogen-bond acceptors (Lipinski definition) is 4. The number of nitro groups is 1. The van der Waals surface area contributed by atoms with Crippen LogP contribution in [0, 0.1) is 10.1 Å². The van der Waals surface area contributed by atoms with E-state index >= 15 is 0 Å². The van der Waals surface area contributed by atoms with E-state index in [-0.39, 0.29) is 11.3 Å². The van der Waals surface area contributed by atoms with Crippen LogP contribution in [0.3, 0.4) is 0 Å². The van der Waals surface area contributed by atoms with Crippen molar-refractivity contribution in [3.05, 3.63) is 75.8 Å². The third-order valence-electron chi connectivity index (χ3n) is 3.49. The van der Waals surface area contributed by atoms with E-state index in [4.69, 9.17) is 0 Å². The van der Waals surface area contributed by atoms with E-state index in [1.807, 2.05) is 0 Å². The number of carbonyl (C=O) groups is 2. The Bertz CT molecular complexity index is 726. The Morgan fingerprint density at radius 1 is 0.826 bits per heavy atom. The van der Waals surface area contributed by atoms with Gasteiger partial charge in [0.05, 0.1) is 16.8 Å². The highest BCUT2D eigenvalue weighted by Crippen LogP contribution is 2.34. The van der Waals surface area contributed by atoms with Crippen LogP contribution in [0.25, 0.3) is 0 Å². The molecule has 118 valence electrons. The zero-order valence-electron chi connectivity index (χ0n) is 11.8. The molecule has 0 saturated carbocycles. The smallest absolute Gasteiger partial charge is 0.312 e. The highest BCUT2D eigenvalue weighted by molar-refractivity contribution is 5.88. The molecule has 0 heterocycles. The Morgan fingerprint density at radius 2 is 1.26 bits per heavy atom. The second kappa shape index (κ2) is 6.69. The summed E-state index contributed by atoms with van der Waals surface area (Å²) in [4.78, 5) is 33.3. The Morgan fingerprint density at radius 3 is 1.65 bits per heavy atom. The summed E-state index contributed by atoms with van der Waals surface area (Å²) in [5.41, 5.74) is 0.356. The first-order chi connectivity index (χ1) is 10.9. The molecule has 7 nitrogen and oxygen atoms in total. The number of carboxylic acids is 2. The molecule has 0 aliphatic rings. The molecule has 0 aliphatic heterocycles. The number of nitrogens with zero attached hydrogens (tertiary/aromatic N) is 1. The molecule has 0 amide bonds. The van der Waals surface area contributed by atoms with Gasteiger partial charge >= 0.3 is 11.9 Å². The van der Waals surface area contributed by atoms with E-state index in [0.29, 0.717) is 5.56 Å². The van der Waals surface area contributed by atoms with Crippen molar-refractivity contribution in [2.45, 2.75) is 11.8 Å². The van der Waals surface area contributed by atoms with Crippen LogP contribution in [0.15, 0.2) is 54.6 Å². The van der Waals surface area contributed by atoms with E-state index in [0.717, 1.165) is 12.1 Å². The lowest BCUT2D eigenvalue weighted by molar-refractivity contribution is -0.384. The highest BCUT2D eigenvalue weighted by atomic mass is 16.6. The number of rotatable bonds is 6. The van der Waals surface area contributed by atoms with E-state index in [9.17, 15) is 29.9 Å². The minimum absolute atomic E-state index is 0.190. The van der Waals surface area contributed by atoms with Crippen molar-refractivity contribution in [3.63, 3.8) is 0 Å². The summed E-state index contributed by atoms with van der Waals surface area (Å²) in [6.45, 7) is 0. The van der Waals surface area contributed by atoms with E-state index in [1.165, 1.54) is 12.1 Å². The van der Waals surface area contributed by atoms with Gasteiger partial charge in [0.15, 0.2) is 0 Å². The van der Waals surface area contributed by atoms with Crippen LogP contribution in [0.5, 0.6) is 0 Å². The first-order valence-electron chi connectivity index (χ1n) is 6.66. The molecule has 2 atom stereocenters. The Balaban J connectivity index is 2.49. The van der Waals surface area contributed by atoms with Gasteiger partial charge in [-0.3, -0.25) is 19.7 Å². The first kappa shape index (κ1) is 16.2. The molecular formula is C16H13NO6. The molecule has 2 aromatic carbocycles. The standard InChI is InChI=1S/C16H13NO6/c18-15(19)13(10-4-2-1-3-5-10)14(16(20)21)11-6-8-12(9-7-11)17(22)23/h1-9,13-14H,(H,18,19)(H,20,21). The zero-order valence-corrected chi connectivity index (χ0v) is 11.8. The third kappa shape index (κ3) is 3.52. The van der Waals surface area contributed by atoms with Gasteiger partial charge in [0.2, 0.25) is 0 Å². The lowest BCUT2D eigenvalue weighted by Gasteiger charge is -2.21. The van der Waals surface area contributed by atoms with E-state index in [1.54, 1.807) is 30.3 Å². The van der Waals surface area contributed by atoms with Crippen molar-refractivity contribution in [1.82, 2.24) is 0 Å². The van der Waals surface area contributed by atoms with Crippen molar-refractivity contribution in [2.75, 3.05) is 0 Å². The van der Waals surface area contributed by atoms with Crippen molar-refractivity contribution < 1.29 is 24.7 Å². The summed E-state index contributed by atoms with van der Waals surface area (Å²) in [7, 11) is 0. The minimum atomic E-state index is -1.35. The molecule has 2 N–H and O–H groups in total. The third-order valence-corrected chi connectivity index (χ3v) is 3.49. The summed E-state index contributed by atoms with van der Waals surface area (Å²) in [6, 6.07) is 12.9. The van der Waals surface area contributed by atoms with Crippen LogP contribution in [-0.4, -0.2) is 27.1 Å². The number of aliphatic carboxylic acids is 2. The summed E-state index contributed by atoms with van der Waals surface area (Å²) in [6.07, 6.45) is 0. The second-order valence-corrected chi connectivity index (χ2v) is 4.89. The van der Waals surface area contributed by atoms with Crippen molar-refractivity contribution in [2.24, 2.45) is 0 Å². The maximum absolute atomic E-state index is 11.6. The SMILES string of the molecule is O=C(O)C(c1ccccc1)C(C(=O)O)c1ccc([N+](=O)[O-])cc1. The minimum Gasteiger partial charge on any atom is -0.481 e. The van der Waals surface area contributed by atoms with Crippen LogP contribution >= 0.6 is 0 Å². The quantitative estimate of drug-likeness (QED) is 0.625. The summed E-state index contributed by atoms with van der Waals surface area (Å²) in [5, 5.41) is 29.6. The lowest BCUT2D eigenvalue weighted by atomic mass is 9.81. The van der Waals surface area contributed by atoms with Gasteiger partial charge in [0, 0.05) is 12.1 Å².